The molecule has 2 heterocycles. The van der Waals surface area contributed by atoms with Crippen LogP contribution in [0.25, 0.3) is 0 Å². The quantitative estimate of drug-likeness (QED) is 0.523. The first-order chi connectivity index (χ1) is 15.2. The topological polar surface area (TPSA) is 130 Å². The van der Waals surface area contributed by atoms with Gasteiger partial charge in [0.1, 0.15) is 5.82 Å². The van der Waals surface area contributed by atoms with Gasteiger partial charge in [-0.25, -0.2) is 18.5 Å². The normalized spacial score (nSPS) is 13.6. The number of amides is 1. The summed E-state index contributed by atoms with van der Waals surface area (Å²) < 4.78 is 23.2. The predicted molar refractivity (Wildman–Crippen MR) is 124 cm³/mol. The molecule has 0 radical (unpaired) electrons. The first-order valence-electron chi connectivity index (χ1n) is 10.2. The molecule has 0 spiro atoms. The molecule has 1 amide bonds. The van der Waals surface area contributed by atoms with E-state index in [2.05, 4.69) is 20.6 Å². The maximum atomic E-state index is 12.1. The van der Waals surface area contributed by atoms with Gasteiger partial charge in [0.05, 0.1) is 4.90 Å². The molecule has 0 saturated heterocycles. The van der Waals surface area contributed by atoms with Gasteiger partial charge in [-0.15, -0.1) is 0 Å². The second-order valence-electron chi connectivity index (χ2n) is 7.53. The second kappa shape index (κ2) is 8.56. The molecular formula is C22H24N6O3S. The van der Waals surface area contributed by atoms with Crippen LogP contribution in [0.1, 0.15) is 24.5 Å². The minimum absolute atomic E-state index is 0.00150. The summed E-state index contributed by atoms with van der Waals surface area (Å²) in [6.07, 6.45) is 2.88. The molecule has 4 N–H and O–H groups in total. The van der Waals surface area contributed by atoms with Crippen LogP contribution in [0.4, 0.5) is 28.8 Å². The Kier molecular flexibility index (Phi) is 5.81. The van der Waals surface area contributed by atoms with Crippen molar-refractivity contribution < 1.29 is 13.2 Å². The summed E-state index contributed by atoms with van der Waals surface area (Å²) in [6, 6.07) is 12.1. The van der Waals surface area contributed by atoms with Gasteiger partial charge in [0.15, 0.2) is 0 Å². The highest BCUT2D eigenvalue weighted by Crippen LogP contribution is 2.31. The van der Waals surface area contributed by atoms with Crippen LogP contribution < -0.4 is 20.7 Å². The molecule has 1 aliphatic heterocycles. The molecule has 1 aromatic heterocycles. The highest BCUT2D eigenvalue weighted by Gasteiger charge is 2.23. The van der Waals surface area contributed by atoms with Gasteiger partial charge in [-0.05, 0) is 62.2 Å². The van der Waals surface area contributed by atoms with Crippen LogP contribution in [0.2, 0.25) is 0 Å². The van der Waals surface area contributed by atoms with Crippen molar-refractivity contribution in [1.29, 1.82) is 0 Å². The van der Waals surface area contributed by atoms with Crippen LogP contribution in [0.3, 0.4) is 0 Å². The Morgan fingerprint density at radius 1 is 1.09 bits per heavy atom. The van der Waals surface area contributed by atoms with Crippen LogP contribution in [0.5, 0.6) is 0 Å². The number of nitrogens with two attached hydrogens (primary N) is 1. The zero-order chi connectivity index (χ0) is 22.9. The number of sulfonamides is 1. The lowest BCUT2D eigenvalue weighted by molar-refractivity contribution is -0.118. The summed E-state index contributed by atoms with van der Waals surface area (Å²) >= 11 is 0. The second-order valence-corrected chi connectivity index (χ2v) is 9.09. The summed E-state index contributed by atoms with van der Waals surface area (Å²) in [5.41, 5.74) is 4.27. The van der Waals surface area contributed by atoms with Crippen molar-refractivity contribution in [2.75, 3.05) is 22.1 Å². The van der Waals surface area contributed by atoms with E-state index in [9.17, 15) is 13.2 Å². The maximum Gasteiger partial charge on any atom is 0.238 e. The SMILES string of the molecule is CCN1C(=O)CCc2cc(Nc3nc(Nc4cccc(S(N)(=O)=O)c4)ncc3C)ccc21. The van der Waals surface area contributed by atoms with Crippen LogP contribution in [0.15, 0.2) is 53.6 Å². The Labute approximate surface area is 186 Å². The summed E-state index contributed by atoms with van der Waals surface area (Å²) in [6.45, 7) is 4.51. The molecule has 0 atom stereocenters. The molecule has 0 unspecified atom stereocenters. The summed E-state index contributed by atoms with van der Waals surface area (Å²) in [7, 11) is -3.81. The Morgan fingerprint density at radius 2 is 1.88 bits per heavy atom. The number of rotatable bonds is 6. The molecule has 3 aromatic rings. The predicted octanol–water partition coefficient (Wildman–Crippen LogP) is 3.22. The van der Waals surface area contributed by atoms with E-state index in [0.717, 1.165) is 22.5 Å². The molecular weight excluding hydrogens is 428 g/mol. The largest absolute Gasteiger partial charge is 0.340 e. The zero-order valence-electron chi connectivity index (χ0n) is 17.8. The van der Waals surface area contributed by atoms with Crippen molar-refractivity contribution in [3.63, 3.8) is 0 Å². The number of anilines is 5. The van der Waals surface area contributed by atoms with E-state index in [1.54, 1.807) is 23.2 Å². The van der Waals surface area contributed by atoms with Crippen LogP contribution in [-0.4, -0.2) is 30.8 Å². The van der Waals surface area contributed by atoms with E-state index >= 15 is 0 Å². The van der Waals surface area contributed by atoms with Gasteiger partial charge in [0.2, 0.25) is 21.9 Å². The Balaban J connectivity index is 1.57. The molecule has 0 aliphatic carbocycles. The fourth-order valence-corrected chi connectivity index (χ4v) is 4.19. The van der Waals surface area contributed by atoms with Gasteiger partial charge >= 0.3 is 0 Å². The van der Waals surface area contributed by atoms with E-state index in [1.165, 1.54) is 12.1 Å². The third-order valence-corrected chi connectivity index (χ3v) is 6.16. The van der Waals surface area contributed by atoms with Gasteiger partial charge in [0.25, 0.3) is 0 Å². The van der Waals surface area contributed by atoms with E-state index in [-0.39, 0.29) is 10.8 Å². The molecule has 32 heavy (non-hydrogen) atoms. The molecule has 166 valence electrons. The number of aryl methyl sites for hydroxylation is 2. The van der Waals surface area contributed by atoms with E-state index in [4.69, 9.17) is 5.14 Å². The Bertz CT molecular complexity index is 1290. The standard InChI is InChI=1S/C22H24N6O3S/c1-3-28-19-9-8-17(11-15(19)7-10-20(28)29)25-21-14(2)13-24-22(27-21)26-16-5-4-6-18(12-16)32(23,30)31/h4-6,8-9,11-13H,3,7,10H2,1-2H3,(H2,23,30,31)(H2,24,25,26,27). The molecule has 10 heteroatoms. The first kappa shape index (κ1) is 21.7. The monoisotopic (exact) mass is 452 g/mol. The smallest absolute Gasteiger partial charge is 0.238 e. The number of benzene rings is 2. The first-order valence-corrected chi connectivity index (χ1v) is 11.7. The minimum Gasteiger partial charge on any atom is -0.340 e. The van der Waals surface area contributed by atoms with E-state index in [0.29, 0.717) is 36.8 Å². The fourth-order valence-electron chi connectivity index (χ4n) is 3.63. The highest BCUT2D eigenvalue weighted by molar-refractivity contribution is 7.89. The number of fused-ring (bicyclic) bond motifs is 1. The van der Waals surface area contributed by atoms with Crippen molar-refractivity contribution in [2.24, 2.45) is 5.14 Å². The average molecular weight is 453 g/mol. The van der Waals surface area contributed by atoms with Gasteiger partial charge in [-0.2, -0.15) is 4.98 Å². The number of nitrogens with zero attached hydrogens (tertiary/aromatic N) is 3. The number of nitrogens with one attached hydrogen (secondary N) is 2. The summed E-state index contributed by atoms with van der Waals surface area (Å²) in [5.74, 6) is 1.07. The number of primary sulfonamides is 1. The van der Waals surface area contributed by atoms with Gasteiger partial charge in [-0.3, -0.25) is 4.79 Å². The molecule has 0 bridgehead atoms. The van der Waals surface area contributed by atoms with Crippen LogP contribution in [0, 0.1) is 6.92 Å². The number of hydrogen-bond acceptors (Lipinski definition) is 7. The van der Waals surface area contributed by atoms with E-state index in [1.807, 2.05) is 32.0 Å². The van der Waals surface area contributed by atoms with Crippen molar-refractivity contribution in [3.05, 3.63) is 59.8 Å². The number of carbonyl (C=O) groups is 1. The van der Waals surface area contributed by atoms with Crippen LogP contribution in [-0.2, 0) is 21.2 Å². The third-order valence-electron chi connectivity index (χ3n) is 5.25. The van der Waals surface area contributed by atoms with Crippen LogP contribution >= 0.6 is 0 Å². The molecule has 4 rings (SSSR count). The van der Waals surface area contributed by atoms with Crippen molar-refractivity contribution in [1.82, 2.24) is 9.97 Å². The number of aromatic nitrogens is 2. The number of hydrogen-bond donors (Lipinski definition) is 3. The lowest BCUT2D eigenvalue weighted by Gasteiger charge is -2.28. The van der Waals surface area contributed by atoms with Crippen molar-refractivity contribution in [2.45, 2.75) is 31.6 Å². The molecule has 2 aromatic carbocycles. The lowest BCUT2D eigenvalue weighted by Crippen LogP contribution is -2.34. The summed E-state index contributed by atoms with van der Waals surface area (Å²) in [5, 5.41) is 11.5. The average Bonchev–Trinajstić information content (AvgIpc) is 2.76. The third kappa shape index (κ3) is 4.56. The molecule has 1 aliphatic rings. The Hall–Kier alpha value is -3.50. The fraction of sp³-hybridized carbons (Fsp3) is 0.227. The molecule has 0 fully saturated rings. The van der Waals surface area contributed by atoms with Crippen molar-refractivity contribution >= 4 is 44.8 Å². The van der Waals surface area contributed by atoms with E-state index < -0.39 is 10.0 Å². The summed E-state index contributed by atoms with van der Waals surface area (Å²) in [4.78, 5) is 22.7. The number of carbonyl (C=O) groups excluding carboxylic acids is 1. The Morgan fingerprint density at radius 3 is 2.62 bits per heavy atom. The minimum atomic E-state index is -3.81. The maximum absolute atomic E-state index is 12.1. The molecule has 9 nitrogen and oxygen atoms in total. The van der Waals surface area contributed by atoms with Gasteiger partial charge < -0.3 is 15.5 Å². The van der Waals surface area contributed by atoms with Gasteiger partial charge in [-0.1, -0.05) is 6.07 Å². The van der Waals surface area contributed by atoms with Crippen molar-refractivity contribution in [3.8, 4) is 0 Å². The van der Waals surface area contributed by atoms with Gasteiger partial charge in [0, 0.05) is 41.8 Å². The zero-order valence-corrected chi connectivity index (χ0v) is 18.6. The molecule has 0 saturated carbocycles. The lowest BCUT2D eigenvalue weighted by atomic mass is 10.0. The highest BCUT2D eigenvalue weighted by atomic mass is 32.2.